The Hall–Kier alpha value is -1.70. The van der Waals surface area contributed by atoms with Crippen LogP contribution in [0.1, 0.15) is 29.4 Å². The molecule has 1 fully saturated rings. The Kier molecular flexibility index (Phi) is 7.65. The summed E-state index contributed by atoms with van der Waals surface area (Å²) in [6.07, 6.45) is 6.01. The number of ether oxygens (including phenoxy) is 1. The number of aliphatic imine (C=N–C) groups is 1. The molecule has 0 amide bonds. The van der Waals surface area contributed by atoms with Crippen molar-refractivity contribution in [3.8, 4) is 0 Å². The first-order chi connectivity index (χ1) is 13.6. The Balaban J connectivity index is 1.72. The summed E-state index contributed by atoms with van der Waals surface area (Å²) in [5.74, 6) is 0.931. The van der Waals surface area contributed by atoms with E-state index in [-0.39, 0.29) is 11.4 Å². The van der Waals surface area contributed by atoms with Gasteiger partial charge in [-0.15, -0.1) is 0 Å². The van der Waals surface area contributed by atoms with Gasteiger partial charge in [-0.2, -0.15) is 16.9 Å². The molecule has 1 N–H and O–H groups in total. The van der Waals surface area contributed by atoms with Crippen molar-refractivity contribution in [2.75, 3.05) is 39.0 Å². The van der Waals surface area contributed by atoms with Gasteiger partial charge in [-0.25, -0.2) is 0 Å². The van der Waals surface area contributed by atoms with E-state index in [0.717, 1.165) is 36.2 Å². The predicted octanol–water partition coefficient (Wildman–Crippen LogP) is 3.52. The first-order valence-corrected chi connectivity index (χ1v) is 11.2. The van der Waals surface area contributed by atoms with Crippen molar-refractivity contribution >= 4 is 29.3 Å². The molecule has 1 aliphatic rings. The molecule has 2 atom stereocenters. The highest BCUT2D eigenvalue weighted by atomic mass is 35.5. The lowest BCUT2D eigenvalue weighted by Crippen LogP contribution is -2.48. The number of aryl methyl sites for hydroxylation is 1. The molecule has 2 unspecified atom stereocenters. The van der Waals surface area contributed by atoms with Crippen molar-refractivity contribution in [2.45, 2.75) is 18.3 Å². The molecular weight excluding hydrogens is 394 g/mol. The maximum atomic E-state index is 6.17. The molecule has 152 valence electrons. The van der Waals surface area contributed by atoms with E-state index in [1.807, 2.05) is 42.3 Å². The molecule has 6 nitrogen and oxygen atoms in total. The molecule has 2 heterocycles. The zero-order chi connectivity index (χ0) is 19.9. The van der Waals surface area contributed by atoms with Crippen molar-refractivity contribution in [1.29, 1.82) is 0 Å². The second kappa shape index (κ2) is 10.2. The number of hydrogen-bond acceptors (Lipinski definition) is 4. The number of nitrogens with zero attached hydrogens (tertiary/aromatic N) is 4. The standard InChI is InChI=1S/C20H28ClN5OS/c1-4-22-20(23-12-19(28-3)15-6-5-7-17(21)10-15)26-8-9-27-18(14-26)16-11-24-25(2)13-16/h5-7,10-11,13,18-19H,4,8-9,12,14H2,1-3H3,(H,22,23). The number of thioether (sulfide) groups is 1. The number of aromatic nitrogens is 2. The van der Waals surface area contributed by atoms with Crippen LogP contribution in [0.5, 0.6) is 0 Å². The number of rotatable bonds is 6. The Morgan fingerprint density at radius 3 is 3.04 bits per heavy atom. The molecule has 3 rings (SSSR count). The van der Waals surface area contributed by atoms with Crippen LogP contribution < -0.4 is 5.32 Å². The molecule has 1 saturated heterocycles. The number of hydrogen-bond donors (Lipinski definition) is 1. The summed E-state index contributed by atoms with van der Waals surface area (Å²) in [5.41, 5.74) is 2.30. The summed E-state index contributed by atoms with van der Waals surface area (Å²) in [6, 6.07) is 8.04. The van der Waals surface area contributed by atoms with Crippen molar-refractivity contribution in [2.24, 2.45) is 12.0 Å². The van der Waals surface area contributed by atoms with Crippen molar-refractivity contribution in [3.63, 3.8) is 0 Å². The Morgan fingerprint density at radius 1 is 1.50 bits per heavy atom. The highest BCUT2D eigenvalue weighted by Crippen LogP contribution is 2.29. The number of nitrogens with one attached hydrogen (secondary N) is 1. The van der Waals surface area contributed by atoms with Crippen molar-refractivity contribution in [3.05, 3.63) is 52.8 Å². The highest BCUT2D eigenvalue weighted by Gasteiger charge is 2.25. The van der Waals surface area contributed by atoms with Crippen molar-refractivity contribution < 1.29 is 4.74 Å². The first kappa shape index (κ1) is 21.0. The molecule has 8 heteroatoms. The second-order valence-corrected chi connectivity index (χ2v) is 8.20. The largest absolute Gasteiger partial charge is 0.370 e. The number of benzene rings is 1. The van der Waals surface area contributed by atoms with Crippen LogP contribution >= 0.6 is 23.4 Å². The average molecular weight is 422 g/mol. The first-order valence-electron chi connectivity index (χ1n) is 9.52. The third-order valence-corrected chi connectivity index (χ3v) is 5.93. The van der Waals surface area contributed by atoms with Gasteiger partial charge < -0.3 is 15.0 Å². The topological polar surface area (TPSA) is 54.7 Å². The van der Waals surface area contributed by atoms with E-state index in [1.165, 1.54) is 5.56 Å². The lowest BCUT2D eigenvalue weighted by atomic mass is 10.1. The van der Waals surface area contributed by atoms with Crippen molar-refractivity contribution in [1.82, 2.24) is 20.0 Å². The summed E-state index contributed by atoms with van der Waals surface area (Å²) in [6.45, 7) is 5.87. The van der Waals surface area contributed by atoms with E-state index in [0.29, 0.717) is 13.2 Å². The zero-order valence-electron chi connectivity index (χ0n) is 16.6. The van der Waals surface area contributed by atoms with Crippen LogP contribution in [-0.4, -0.2) is 59.7 Å². The van der Waals surface area contributed by atoms with Gasteiger partial charge in [-0.05, 0) is 30.9 Å². The SMILES string of the molecule is CCNC(=NCC(SC)c1cccc(Cl)c1)N1CCOC(c2cnn(C)c2)C1. The van der Waals surface area contributed by atoms with Crippen LogP contribution in [0, 0.1) is 0 Å². The summed E-state index contributed by atoms with van der Waals surface area (Å²) < 4.78 is 7.78. The fourth-order valence-electron chi connectivity index (χ4n) is 3.27. The van der Waals surface area contributed by atoms with E-state index >= 15 is 0 Å². The van der Waals surface area contributed by atoms with Crippen LogP contribution in [-0.2, 0) is 11.8 Å². The number of guanidine groups is 1. The van der Waals surface area contributed by atoms with Crippen LogP contribution in [0.15, 0.2) is 41.7 Å². The third-order valence-electron chi connectivity index (χ3n) is 4.71. The van der Waals surface area contributed by atoms with E-state index in [9.17, 15) is 0 Å². The zero-order valence-corrected chi connectivity index (χ0v) is 18.2. The van der Waals surface area contributed by atoms with Gasteiger partial charge in [0.2, 0.25) is 0 Å². The molecule has 1 aromatic heterocycles. The van der Waals surface area contributed by atoms with Gasteiger partial charge in [0.1, 0.15) is 6.10 Å². The molecule has 0 saturated carbocycles. The summed E-state index contributed by atoms with van der Waals surface area (Å²) in [7, 11) is 1.92. The fourth-order valence-corrected chi connectivity index (χ4v) is 4.11. The van der Waals surface area contributed by atoms with Gasteiger partial charge in [0.05, 0.1) is 25.9 Å². The number of morpholine rings is 1. The molecule has 0 spiro atoms. The predicted molar refractivity (Wildman–Crippen MR) is 117 cm³/mol. The minimum atomic E-state index is 0.00980. The summed E-state index contributed by atoms with van der Waals surface area (Å²) in [4.78, 5) is 7.22. The van der Waals surface area contributed by atoms with Gasteiger partial charge in [-0.3, -0.25) is 9.67 Å². The van der Waals surface area contributed by atoms with E-state index in [4.69, 9.17) is 21.3 Å². The third kappa shape index (κ3) is 5.43. The molecular formula is C20H28ClN5OS. The van der Waals surface area contributed by atoms with Gasteiger partial charge in [0.25, 0.3) is 0 Å². The van der Waals surface area contributed by atoms with Crippen LogP contribution in [0.25, 0.3) is 0 Å². The van der Waals surface area contributed by atoms with Crippen LogP contribution in [0.2, 0.25) is 5.02 Å². The van der Waals surface area contributed by atoms with Gasteiger partial charge >= 0.3 is 0 Å². The molecule has 0 bridgehead atoms. The van der Waals surface area contributed by atoms with Crippen LogP contribution in [0.3, 0.4) is 0 Å². The summed E-state index contributed by atoms with van der Waals surface area (Å²) >= 11 is 7.96. The second-order valence-electron chi connectivity index (χ2n) is 6.73. The number of halogens is 1. The normalized spacial score (nSPS) is 18.9. The Morgan fingerprint density at radius 2 is 2.36 bits per heavy atom. The highest BCUT2D eigenvalue weighted by molar-refractivity contribution is 7.98. The van der Waals surface area contributed by atoms with E-state index in [1.54, 1.807) is 11.8 Å². The maximum Gasteiger partial charge on any atom is 0.194 e. The lowest BCUT2D eigenvalue weighted by Gasteiger charge is -2.35. The molecule has 28 heavy (non-hydrogen) atoms. The Labute approximate surface area is 176 Å². The summed E-state index contributed by atoms with van der Waals surface area (Å²) in [5, 5.41) is 8.73. The molecule has 1 aromatic carbocycles. The monoisotopic (exact) mass is 421 g/mol. The molecule has 2 aromatic rings. The van der Waals surface area contributed by atoms with E-state index in [2.05, 4.69) is 34.6 Å². The minimum absolute atomic E-state index is 0.00980. The van der Waals surface area contributed by atoms with Gasteiger partial charge in [0, 0.05) is 42.2 Å². The molecule has 0 aliphatic carbocycles. The van der Waals surface area contributed by atoms with E-state index < -0.39 is 0 Å². The average Bonchev–Trinajstić information content (AvgIpc) is 3.14. The van der Waals surface area contributed by atoms with Gasteiger partial charge in [0.15, 0.2) is 5.96 Å². The maximum absolute atomic E-state index is 6.17. The quantitative estimate of drug-likeness (QED) is 0.571. The minimum Gasteiger partial charge on any atom is -0.370 e. The smallest absolute Gasteiger partial charge is 0.194 e. The van der Waals surface area contributed by atoms with Crippen LogP contribution in [0.4, 0.5) is 0 Å². The molecule has 0 radical (unpaired) electrons. The van der Waals surface area contributed by atoms with Gasteiger partial charge in [-0.1, -0.05) is 23.7 Å². The molecule has 1 aliphatic heterocycles. The fraction of sp³-hybridized carbons (Fsp3) is 0.500. The Bertz CT molecular complexity index is 796. The lowest BCUT2D eigenvalue weighted by molar-refractivity contribution is -0.00803.